The van der Waals surface area contributed by atoms with Gasteiger partial charge in [-0.05, 0) is 19.8 Å². The highest BCUT2D eigenvalue weighted by Crippen LogP contribution is 2.19. The molecule has 7 nitrogen and oxygen atoms in total. The molecule has 0 aliphatic rings. The number of nitrogens with one attached hydrogen (secondary N) is 3. The molecule has 2 aromatic heterocycles. The maximum atomic E-state index is 12.2. The Morgan fingerprint density at radius 2 is 2.14 bits per heavy atom. The van der Waals surface area contributed by atoms with Gasteiger partial charge < -0.3 is 15.3 Å². The number of carbonyl (C=O) groups is 1. The van der Waals surface area contributed by atoms with Gasteiger partial charge in [0.05, 0.1) is 30.0 Å². The number of hydrogen-bond donors (Lipinski definition) is 3. The van der Waals surface area contributed by atoms with Crippen LogP contribution in [0.5, 0.6) is 0 Å². The summed E-state index contributed by atoms with van der Waals surface area (Å²) in [6, 6.07) is 0.313. The first-order chi connectivity index (χ1) is 10.1. The number of carbonyl (C=O) groups excluding carboxylic acids is 1. The maximum Gasteiger partial charge on any atom is 0.323 e. The van der Waals surface area contributed by atoms with Crippen LogP contribution in [0.4, 0.5) is 0 Å². The zero-order chi connectivity index (χ0) is 15.4. The van der Waals surface area contributed by atoms with Crippen LogP contribution in [-0.4, -0.2) is 25.7 Å². The zero-order valence-corrected chi connectivity index (χ0v) is 12.6. The Morgan fingerprint density at radius 1 is 1.43 bits per heavy atom. The highest BCUT2D eigenvalue weighted by Gasteiger charge is 2.17. The molecule has 7 heteroatoms. The van der Waals surface area contributed by atoms with Crippen molar-refractivity contribution >= 4 is 5.91 Å². The molecule has 0 spiro atoms. The molecule has 2 rings (SSSR count). The summed E-state index contributed by atoms with van der Waals surface area (Å²) >= 11 is 0. The molecule has 0 fully saturated rings. The molecular formula is C14H21N5O2. The molecule has 0 bridgehead atoms. The van der Waals surface area contributed by atoms with Crippen LogP contribution in [-0.2, 0) is 6.54 Å². The average molecular weight is 291 g/mol. The lowest BCUT2D eigenvalue weighted by atomic mass is 10.1. The van der Waals surface area contributed by atoms with Crippen molar-refractivity contribution in [1.82, 2.24) is 25.1 Å². The van der Waals surface area contributed by atoms with Crippen LogP contribution in [0.25, 0.3) is 0 Å². The van der Waals surface area contributed by atoms with Crippen molar-refractivity contribution in [3.63, 3.8) is 0 Å². The summed E-state index contributed by atoms with van der Waals surface area (Å²) in [6.07, 6.45) is 5.10. The van der Waals surface area contributed by atoms with Crippen molar-refractivity contribution < 1.29 is 4.79 Å². The van der Waals surface area contributed by atoms with E-state index in [1.807, 2.05) is 11.6 Å². The smallest absolute Gasteiger partial charge is 0.323 e. The Hall–Kier alpha value is -2.31. The van der Waals surface area contributed by atoms with Gasteiger partial charge in [-0.3, -0.25) is 9.48 Å². The van der Waals surface area contributed by atoms with Gasteiger partial charge in [-0.25, -0.2) is 4.79 Å². The molecule has 0 aromatic carbocycles. The van der Waals surface area contributed by atoms with Gasteiger partial charge in [-0.15, -0.1) is 0 Å². The Labute approximate surface area is 122 Å². The molecule has 21 heavy (non-hydrogen) atoms. The van der Waals surface area contributed by atoms with Gasteiger partial charge >= 0.3 is 5.69 Å². The van der Waals surface area contributed by atoms with Crippen LogP contribution >= 0.6 is 0 Å². The normalized spacial score (nSPS) is 11.0. The lowest BCUT2D eigenvalue weighted by Crippen LogP contribution is -2.24. The molecule has 0 radical (unpaired) electrons. The van der Waals surface area contributed by atoms with E-state index in [0.29, 0.717) is 17.3 Å². The number of H-pyrrole nitrogens is 2. The summed E-state index contributed by atoms with van der Waals surface area (Å²) in [7, 11) is 0. The molecule has 0 aliphatic heterocycles. The topological polar surface area (TPSA) is 95.6 Å². The van der Waals surface area contributed by atoms with Gasteiger partial charge in [0, 0.05) is 11.9 Å². The number of aromatic nitrogens is 4. The van der Waals surface area contributed by atoms with E-state index in [1.54, 1.807) is 12.4 Å². The Balaban J connectivity index is 2.07. The van der Waals surface area contributed by atoms with Gasteiger partial charge in [-0.2, -0.15) is 5.10 Å². The van der Waals surface area contributed by atoms with Crippen molar-refractivity contribution in [2.75, 3.05) is 0 Å². The second kappa shape index (κ2) is 6.43. The van der Waals surface area contributed by atoms with E-state index in [9.17, 15) is 9.59 Å². The van der Waals surface area contributed by atoms with Crippen molar-refractivity contribution in [3.05, 3.63) is 39.8 Å². The van der Waals surface area contributed by atoms with E-state index >= 15 is 0 Å². The third-order valence-corrected chi connectivity index (χ3v) is 3.67. The highest BCUT2D eigenvalue weighted by molar-refractivity contribution is 5.94. The molecule has 0 saturated heterocycles. The Bertz CT molecular complexity index is 663. The first-order valence-corrected chi connectivity index (χ1v) is 7.15. The molecule has 3 N–H and O–H groups in total. The second-order valence-electron chi connectivity index (χ2n) is 5.01. The van der Waals surface area contributed by atoms with Gasteiger partial charge in [0.2, 0.25) is 0 Å². The summed E-state index contributed by atoms with van der Waals surface area (Å²) in [5.41, 5.74) is 1.79. The van der Waals surface area contributed by atoms with Crippen LogP contribution in [0.15, 0.2) is 17.2 Å². The number of nitrogens with zero attached hydrogens (tertiary/aromatic N) is 2. The van der Waals surface area contributed by atoms with E-state index in [2.05, 4.69) is 34.2 Å². The fourth-order valence-electron chi connectivity index (χ4n) is 2.39. The molecule has 2 heterocycles. The van der Waals surface area contributed by atoms with E-state index in [4.69, 9.17) is 0 Å². The van der Waals surface area contributed by atoms with Crippen LogP contribution in [0.3, 0.4) is 0 Å². The van der Waals surface area contributed by atoms with E-state index in [-0.39, 0.29) is 18.1 Å². The SMILES string of the molecule is CCC(CC)n1ncc(C(=O)NCc2c[nH]c(=O)[nH]2)c1C. The molecule has 0 unspecified atom stereocenters. The zero-order valence-electron chi connectivity index (χ0n) is 12.6. The Kier molecular flexibility index (Phi) is 4.62. The molecule has 114 valence electrons. The summed E-state index contributed by atoms with van der Waals surface area (Å²) in [4.78, 5) is 28.2. The lowest BCUT2D eigenvalue weighted by molar-refractivity contribution is 0.0949. The van der Waals surface area contributed by atoms with Crippen LogP contribution in [0.2, 0.25) is 0 Å². The predicted octanol–water partition coefficient (Wildman–Crippen LogP) is 1.50. The number of hydrogen-bond acceptors (Lipinski definition) is 3. The monoisotopic (exact) mass is 291 g/mol. The number of imidazole rings is 1. The quantitative estimate of drug-likeness (QED) is 0.752. The molecule has 0 aliphatic carbocycles. The number of aromatic amines is 2. The minimum atomic E-state index is -0.281. The summed E-state index contributed by atoms with van der Waals surface area (Å²) in [5.74, 6) is -0.188. The molecule has 0 saturated carbocycles. The van der Waals surface area contributed by atoms with Gasteiger partial charge in [0.25, 0.3) is 5.91 Å². The summed E-state index contributed by atoms with van der Waals surface area (Å²) in [5, 5.41) is 7.11. The standard InChI is InChI=1S/C14H21N5O2/c1-4-11(5-2)19-9(3)12(8-17-19)13(20)15-6-10-7-16-14(21)18-10/h7-8,11H,4-6H2,1-3H3,(H,15,20)(H2,16,18,21). The average Bonchev–Trinajstić information content (AvgIpc) is 3.05. The van der Waals surface area contributed by atoms with Crippen molar-refractivity contribution in [1.29, 1.82) is 0 Å². The van der Waals surface area contributed by atoms with Crippen molar-refractivity contribution in [3.8, 4) is 0 Å². The van der Waals surface area contributed by atoms with Crippen LogP contribution < -0.4 is 11.0 Å². The summed E-state index contributed by atoms with van der Waals surface area (Å²) in [6.45, 7) is 6.39. The first kappa shape index (κ1) is 15.1. The third kappa shape index (κ3) is 3.24. The molecule has 2 aromatic rings. The van der Waals surface area contributed by atoms with Gasteiger partial charge in [0.1, 0.15) is 0 Å². The van der Waals surface area contributed by atoms with Crippen LogP contribution in [0, 0.1) is 6.92 Å². The predicted molar refractivity (Wildman–Crippen MR) is 79.2 cm³/mol. The molecule has 1 amide bonds. The lowest BCUT2D eigenvalue weighted by Gasteiger charge is -2.15. The van der Waals surface area contributed by atoms with E-state index < -0.39 is 0 Å². The Morgan fingerprint density at radius 3 is 2.71 bits per heavy atom. The number of amides is 1. The van der Waals surface area contributed by atoms with Gasteiger partial charge in [0.15, 0.2) is 0 Å². The van der Waals surface area contributed by atoms with Gasteiger partial charge in [-0.1, -0.05) is 13.8 Å². The van der Waals surface area contributed by atoms with E-state index in [0.717, 1.165) is 18.5 Å². The molecule has 0 atom stereocenters. The van der Waals surface area contributed by atoms with E-state index in [1.165, 1.54) is 0 Å². The fourth-order valence-corrected chi connectivity index (χ4v) is 2.39. The van der Waals surface area contributed by atoms with Crippen molar-refractivity contribution in [2.45, 2.75) is 46.2 Å². The van der Waals surface area contributed by atoms with Crippen LogP contribution in [0.1, 0.15) is 54.5 Å². The van der Waals surface area contributed by atoms with Crippen molar-refractivity contribution in [2.24, 2.45) is 0 Å². The largest absolute Gasteiger partial charge is 0.346 e. The number of rotatable bonds is 6. The fraction of sp³-hybridized carbons (Fsp3) is 0.500. The maximum absolute atomic E-state index is 12.2. The third-order valence-electron chi connectivity index (χ3n) is 3.67. The minimum absolute atomic E-state index is 0.188. The summed E-state index contributed by atoms with van der Waals surface area (Å²) < 4.78 is 1.91. The minimum Gasteiger partial charge on any atom is -0.346 e. The second-order valence-corrected chi connectivity index (χ2v) is 5.01. The highest BCUT2D eigenvalue weighted by atomic mass is 16.2. The molecular weight excluding hydrogens is 270 g/mol. The first-order valence-electron chi connectivity index (χ1n) is 7.15.